The minimum Gasteiger partial charge on any atom is -0.389 e. The molecule has 1 fully saturated rings. The van der Waals surface area contributed by atoms with Crippen LogP contribution in [-0.4, -0.2) is 50.7 Å². The zero-order valence-corrected chi connectivity index (χ0v) is 10.1. The normalized spacial score (nSPS) is 36.7. The van der Waals surface area contributed by atoms with Gasteiger partial charge in [0.1, 0.15) is 5.69 Å². The third-order valence-corrected chi connectivity index (χ3v) is 3.72. The first-order valence-corrected chi connectivity index (χ1v) is 6.02. The minimum atomic E-state index is -0.986. The molecule has 3 rings (SSSR count). The molecule has 1 aromatic rings. The van der Waals surface area contributed by atoms with Gasteiger partial charge in [0.25, 0.3) is 5.56 Å². The molecule has 0 bridgehead atoms. The summed E-state index contributed by atoms with van der Waals surface area (Å²) < 4.78 is 0. The molecular weight excluding hydrogens is 252 g/mol. The molecule has 0 radical (unpaired) electrons. The number of nitrogens with one attached hydrogen (secondary N) is 3. The van der Waals surface area contributed by atoms with E-state index in [9.17, 15) is 19.8 Å². The number of hydrogen-bond donors (Lipinski definition) is 5. The standard InChI is InChI=1S/C11H14N4O4/c1-3-8(16)9(17)6(13-3)4-2-12-7-5(4)14-11(19)15-10(7)18/h2-4,6,8-9,13,16-17H,1H3,(H2,14,15,18,19)/t3-,4?,6+,8-,9+/m1/s1. The Hall–Kier alpha value is -1.77. The fourth-order valence-electron chi connectivity index (χ4n) is 2.69. The third-order valence-electron chi connectivity index (χ3n) is 3.72. The van der Waals surface area contributed by atoms with Crippen molar-refractivity contribution in [3.8, 4) is 0 Å². The SMILES string of the molecule is C[C@H]1N[C@@H](C2C=Nc3c2[nH]c(=O)[nH]c3=O)[C@H](O)[C@@H]1O. The summed E-state index contributed by atoms with van der Waals surface area (Å²) in [7, 11) is 0. The van der Waals surface area contributed by atoms with E-state index >= 15 is 0 Å². The van der Waals surface area contributed by atoms with Crippen LogP contribution in [0.5, 0.6) is 0 Å². The Morgan fingerprint density at radius 1 is 1.21 bits per heavy atom. The number of fused-ring (bicyclic) bond motifs is 1. The summed E-state index contributed by atoms with van der Waals surface area (Å²) in [5, 5.41) is 22.8. The monoisotopic (exact) mass is 266 g/mol. The number of aliphatic hydroxyl groups is 2. The lowest BCUT2D eigenvalue weighted by Gasteiger charge is -2.21. The van der Waals surface area contributed by atoms with Crippen molar-refractivity contribution in [1.29, 1.82) is 0 Å². The third kappa shape index (κ3) is 1.76. The first kappa shape index (κ1) is 12.3. The number of hydrogen-bond acceptors (Lipinski definition) is 6. The van der Waals surface area contributed by atoms with Crippen LogP contribution in [0.2, 0.25) is 0 Å². The van der Waals surface area contributed by atoms with Gasteiger partial charge >= 0.3 is 5.69 Å². The van der Waals surface area contributed by atoms with Crippen LogP contribution in [0, 0.1) is 0 Å². The van der Waals surface area contributed by atoms with Crippen LogP contribution in [0.3, 0.4) is 0 Å². The molecule has 5 atom stereocenters. The molecular formula is C11H14N4O4. The molecule has 3 heterocycles. The van der Waals surface area contributed by atoms with Crippen molar-refractivity contribution in [2.24, 2.45) is 4.99 Å². The van der Waals surface area contributed by atoms with E-state index in [0.717, 1.165) is 0 Å². The van der Waals surface area contributed by atoms with Gasteiger partial charge in [-0.2, -0.15) is 0 Å². The molecule has 0 aromatic carbocycles. The highest BCUT2D eigenvalue weighted by Gasteiger charge is 2.44. The van der Waals surface area contributed by atoms with Gasteiger partial charge in [-0.1, -0.05) is 0 Å². The molecule has 8 heteroatoms. The van der Waals surface area contributed by atoms with Crippen molar-refractivity contribution < 1.29 is 10.2 Å². The maximum absolute atomic E-state index is 11.6. The molecule has 0 aliphatic carbocycles. The van der Waals surface area contributed by atoms with E-state index in [2.05, 4.69) is 20.3 Å². The maximum atomic E-state index is 11.6. The van der Waals surface area contributed by atoms with Crippen LogP contribution < -0.4 is 16.6 Å². The predicted molar refractivity (Wildman–Crippen MR) is 67.0 cm³/mol. The van der Waals surface area contributed by atoms with Crippen LogP contribution >= 0.6 is 0 Å². The zero-order chi connectivity index (χ0) is 13.7. The lowest BCUT2D eigenvalue weighted by Crippen LogP contribution is -2.40. The summed E-state index contributed by atoms with van der Waals surface area (Å²) in [5.41, 5.74) is -0.654. The molecule has 2 aliphatic heterocycles. The Morgan fingerprint density at radius 3 is 2.58 bits per heavy atom. The molecule has 1 aromatic heterocycles. The second-order valence-electron chi connectivity index (χ2n) is 4.94. The number of aromatic nitrogens is 2. The zero-order valence-electron chi connectivity index (χ0n) is 10.1. The maximum Gasteiger partial charge on any atom is 0.326 e. The highest BCUT2D eigenvalue weighted by Crippen LogP contribution is 2.33. The van der Waals surface area contributed by atoms with Crippen molar-refractivity contribution >= 4 is 11.9 Å². The average Bonchev–Trinajstić information content (AvgIpc) is 2.86. The van der Waals surface area contributed by atoms with Gasteiger partial charge in [-0.05, 0) is 6.92 Å². The van der Waals surface area contributed by atoms with Gasteiger partial charge in [-0.15, -0.1) is 0 Å². The van der Waals surface area contributed by atoms with Crippen LogP contribution in [-0.2, 0) is 0 Å². The molecule has 19 heavy (non-hydrogen) atoms. The van der Waals surface area contributed by atoms with Gasteiger partial charge in [0, 0.05) is 18.3 Å². The summed E-state index contributed by atoms with van der Waals surface area (Å²) in [6.07, 6.45) is -0.377. The highest BCUT2D eigenvalue weighted by molar-refractivity contribution is 5.80. The minimum absolute atomic E-state index is 0.146. The van der Waals surface area contributed by atoms with Crippen LogP contribution in [0.1, 0.15) is 18.5 Å². The summed E-state index contributed by atoms with van der Waals surface area (Å²) in [4.78, 5) is 31.5. The van der Waals surface area contributed by atoms with E-state index in [1.165, 1.54) is 6.21 Å². The lowest BCUT2D eigenvalue weighted by molar-refractivity contribution is 0.0293. The van der Waals surface area contributed by atoms with Gasteiger partial charge < -0.3 is 20.5 Å². The van der Waals surface area contributed by atoms with Gasteiger partial charge in [-0.25, -0.2) is 4.79 Å². The molecule has 0 amide bonds. The van der Waals surface area contributed by atoms with Crippen molar-refractivity contribution in [2.75, 3.05) is 0 Å². The predicted octanol–water partition coefficient (Wildman–Crippen LogP) is -2.06. The fraction of sp³-hybridized carbons (Fsp3) is 0.545. The first-order valence-electron chi connectivity index (χ1n) is 6.02. The number of nitrogens with zero attached hydrogens (tertiary/aromatic N) is 1. The first-order chi connectivity index (χ1) is 8.99. The Kier molecular flexibility index (Phi) is 2.66. The summed E-state index contributed by atoms with van der Waals surface area (Å²) in [5.74, 6) is -0.445. The number of H-pyrrole nitrogens is 2. The fourth-order valence-corrected chi connectivity index (χ4v) is 2.69. The molecule has 8 nitrogen and oxygen atoms in total. The summed E-state index contributed by atoms with van der Waals surface area (Å²) >= 11 is 0. The largest absolute Gasteiger partial charge is 0.389 e. The molecule has 1 unspecified atom stereocenters. The second-order valence-corrected chi connectivity index (χ2v) is 4.94. The van der Waals surface area contributed by atoms with Crippen LogP contribution in [0.25, 0.3) is 0 Å². The molecule has 0 saturated carbocycles. The highest BCUT2D eigenvalue weighted by atomic mass is 16.3. The number of aliphatic imine (C=N–C) groups is 1. The molecule has 0 spiro atoms. The lowest BCUT2D eigenvalue weighted by atomic mass is 9.94. The second kappa shape index (κ2) is 4.12. The van der Waals surface area contributed by atoms with E-state index in [1.54, 1.807) is 6.92 Å². The smallest absolute Gasteiger partial charge is 0.326 e. The van der Waals surface area contributed by atoms with E-state index in [1.807, 2.05) is 0 Å². The number of aliphatic hydroxyl groups excluding tert-OH is 2. The van der Waals surface area contributed by atoms with Gasteiger partial charge in [0.15, 0.2) is 0 Å². The van der Waals surface area contributed by atoms with Crippen molar-refractivity contribution in [3.05, 3.63) is 26.5 Å². The van der Waals surface area contributed by atoms with Crippen molar-refractivity contribution in [2.45, 2.75) is 37.1 Å². The summed E-state index contributed by atoms with van der Waals surface area (Å²) in [6.45, 7) is 1.75. The Morgan fingerprint density at radius 2 is 1.95 bits per heavy atom. The quantitative estimate of drug-likeness (QED) is 0.399. The van der Waals surface area contributed by atoms with Gasteiger partial charge in [-0.3, -0.25) is 14.8 Å². The molecule has 102 valence electrons. The number of aromatic amines is 2. The van der Waals surface area contributed by atoms with Crippen molar-refractivity contribution in [1.82, 2.24) is 15.3 Å². The van der Waals surface area contributed by atoms with Crippen LogP contribution in [0.4, 0.5) is 5.69 Å². The van der Waals surface area contributed by atoms with E-state index in [0.29, 0.717) is 5.69 Å². The average molecular weight is 266 g/mol. The van der Waals surface area contributed by atoms with E-state index in [-0.39, 0.29) is 11.7 Å². The topological polar surface area (TPSA) is 131 Å². The Balaban J connectivity index is 2.02. The Bertz CT molecular complexity index is 649. The van der Waals surface area contributed by atoms with E-state index in [4.69, 9.17) is 0 Å². The Labute approximate surface area is 107 Å². The number of rotatable bonds is 1. The van der Waals surface area contributed by atoms with Gasteiger partial charge in [0.05, 0.1) is 23.8 Å². The van der Waals surface area contributed by atoms with Crippen LogP contribution in [0.15, 0.2) is 14.6 Å². The van der Waals surface area contributed by atoms with Crippen molar-refractivity contribution in [3.63, 3.8) is 0 Å². The molecule has 5 N–H and O–H groups in total. The molecule has 2 aliphatic rings. The summed E-state index contributed by atoms with van der Waals surface area (Å²) in [6, 6.07) is -0.765. The van der Waals surface area contributed by atoms with Gasteiger partial charge in [0.2, 0.25) is 0 Å². The van der Waals surface area contributed by atoms with E-state index < -0.39 is 35.4 Å². The molecule has 1 saturated heterocycles.